The number of carbonyl (C=O) groups is 3. The van der Waals surface area contributed by atoms with Gasteiger partial charge in [0.1, 0.15) is 17.6 Å². The van der Waals surface area contributed by atoms with Crippen LogP contribution in [0.15, 0.2) is 53.9 Å². The Bertz CT molecular complexity index is 1160. The summed E-state index contributed by atoms with van der Waals surface area (Å²) in [6.45, 7) is 2.10. The van der Waals surface area contributed by atoms with Crippen LogP contribution < -0.4 is 10.2 Å². The van der Waals surface area contributed by atoms with Gasteiger partial charge in [-0.05, 0) is 54.3 Å². The number of nitrogens with zero attached hydrogens (tertiary/aromatic N) is 1. The highest BCUT2D eigenvalue weighted by Gasteiger charge is 2.42. The minimum Gasteiger partial charge on any atom is -0.323 e. The molecule has 5 nitrogen and oxygen atoms in total. The quantitative estimate of drug-likeness (QED) is 0.487. The number of nitrogens with one attached hydrogen (secondary N) is 1. The first-order valence-electron chi connectivity index (χ1n) is 9.20. The number of ketones is 1. The number of anilines is 2. The molecular weight excluding hydrogens is 410 g/mol. The third-order valence-corrected chi connectivity index (χ3v) is 5.79. The first kappa shape index (κ1) is 19.9. The minimum absolute atomic E-state index is 0.209. The molecule has 0 saturated heterocycles. The van der Waals surface area contributed by atoms with Crippen LogP contribution in [-0.2, 0) is 9.59 Å². The van der Waals surface area contributed by atoms with Gasteiger partial charge in [0.15, 0.2) is 0 Å². The van der Waals surface area contributed by atoms with Crippen LogP contribution in [0.3, 0.4) is 0 Å². The van der Waals surface area contributed by atoms with Crippen LogP contribution >= 0.6 is 11.3 Å². The van der Waals surface area contributed by atoms with Crippen molar-refractivity contribution in [3.63, 3.8) is 0 Å². The van der Waals surface area contributed by atoms with Crippen LogP contribution in [0, 0.1) is 11.6 Å². The average molecular weight is 426 g/mol. The second kappa shape index (κ2) is 7.79. The maximum atomic E-state index is 14.0. The first-order chi connectivity index (χ1) is 14.4. The van der Waals surface area contributed by atoms with Crippen LogP contribution in [0.2, 0.25) is 0 Å². The summed E-state index contributed by atoms with van der Waals surface area (Å²) < 4.78 is 27.1. The van der Waals surface area contributed by atoms with E-state index in [1.165, 1.54) is 22.3 Å². The second-order valence-corrected chi connectivity index (χ2v) is 7.66. The van der Waals surface area contributed by atoms with E-state index in [1.54, 1.807) is 36.6 Å². The summed E-state index contributed by atoms with van der Waals surface area (Å²) in [5.41, 5.74) is 1.04. The second-order valence-electron chi connectivity index (χ2n) is 6.71. The van der Waals surface area contributed by atoms with Crippen molar-refractivity contribution in [3.8, 4) is 0 Å². The Kier molecular flexibility index (Phi) is 5.17. The third-order valence-electron chi connectivity index (χ3n) is 4.92. The summed E-state index contributed by atoms with van der Waals surface area (Å²) in [4.78, 5) is 40.5. The van der Waals surface area contributed by atoms with Gasteiger partial charge in [0.2, 0.25) is 17.6 Å². The molecule has 1 aliphatic rings. The highest BCUT2D eigenvalue weighted by molar-refractivity contribution is 7.12. The van der Waals surface area contributed by atoms with Crippen molar-refractivity contribution in [1.29, 1.82) is 0 Å². The molecule has 0 aliphatic carbocycles. The monoisotopic (exact) mass is 426 g/mol. The van der Waals surface area contributed by atoms with E-state index in [9.17, 15) is 23.2 Å². The van der Waals surface area contributed by atoms with Crippen LogP contribution in [0.4, 0.5) is 20.2 Å². The molecule has 0 bridgehead atoms. The lowest BCUT2D eigenvalue weighted by atomic mass is 9.96. The lowest BCUT2D eigenvalue weighted by Crippen LogP contribution is -2.33. The summed E-state index contributed by atoms with van der Waals surface area (Å²) in [5.74, 6) is -4.37. The summed E-state index contributed by atoms with van der Waals surface area (Å²) in [6, 6.07) is 11.0. The third kappa shape index (κ3) is 3.39. The summed E-state index contributed by atoms with van der Waals surface area (Å²) >= 11 is 1.30. The molecule has 2 amide bonds. The van der Waals surface area contributed by atoms with Gasteiger partial charge < -0.3 is 10.2 Å². The molecule has 152 valence electrons. The maximum absolute atomic E-state index is 14.0. The van der Waals surface area contributed by atoms with E-state index >= 15 is 0 Å². The molecule has 0 radical (unpaired) electrons. The largest absolute Gasteiger partial charge is 0.323 e. The number of hydrogen-bond donors (Lipinski definition) is 1. The van der Waals surface area contributed by atoms with Crippen LogP contribution in [0.25, 0.3) is 0 Å². The Morgan fingerprint density at radius 3 is 2.60 bits per heavy atom. The SMILES string of the molecule is CCN1C(=O)C(C(=O)Nc2ccc(F)cc2F)c2cc(C(=O)c3cccs3)ccc21. The van der Waals surface area contributed by atoms with Crippen molar-refractivity contribution >= 4 is 40.3 Å². The molecule has 30 heavy (non-hydrogen) atoms. The van der Waals surface area contributed by atoms with Gasteiger partial charge in [-0.1, -0.05) is 6.07 Å². The predicted octanol–water partition coefficient (Wildman–Crippen LogP) is 4.35. The zero-order valence-electron chi connectivity index (χ0n) is 15.8. The minimum atomic E-state index is -1.24. The number of halogens is 2. The van der Waals surface area contributed by atoms with Gasteiger partial charge in [-0.3, -0.25) is 14.4 Å². The standard InChI is InChI=1S/C22H16F2N2O3S/c1-2-26-17-8-5-12(20(27)18-4-3-9-30-18)10-14(17)19(22(26)29)21(28)25-16-7-6-13(23)11-15(16)24/h3-11,19H,2H2,1H3,(H,25,28). The van der Waals surface area contributed by atoms with E-state index in [4.69, 9.17) is 0 Å². The topological polar surface area (TPSA) is 66.5 Å². The van der Waals surface area contributed by atoms with Gasteiger partial charge in [-0.15, -0.1) is 11.3 Å². The van der Waals surface area contributed by atoms with E-state index in [0.717, 1.165) is 12.1 Å². The van der Waals surface area contributed by atoms with E-state index in [1.807, 2.05) is 0 Å². The fraction of sp³-hybridized carbons (Fsp3) is 0.136. The Morgan fingerprint density at radius 2 is 1.93 bits per heavy atom. The molecule has 2 heterocycles. The predicted molar refractivity (Wildman–Crippen MR) is 110 cm³/mol. The van der Waals surface area contributed by atoms with E-state index < -0.39 is 29.4 Å². The molecule has 1 aliphatic heterocycles. The number of carbonyl (C=O) groups excluding carboxylic acids is 3. The van der Waals surface area contributed by atoms with Crippen LogP contribution in [0.1, 0.15) is 33.6 Å². The number of likely N-dealkylation sites (N-methyl/N-ethyl adjacent to an activating group) is 1. The molecule has 2 aromatic carbocycles. The zero-order valence-corrected chi connectivity index (χ0v) is 16.6. The van der Waals surface area contributed by atoms with Crippen molar-refractivity contribution in [2.75, 3.05) is 16.8 Å². The van der Waals surface area contributed by atoms with Crippen molar-refractivity contribution < 1.29 is 23.2 Å². The molecule has 1 unspecified atom stereocenters. The van der Waals surface area contributed by atoms with Crippen molar-refractivity contribution in [1.82, 2.24) is 0 Å². The summed E-state index contributed by atoms with van der Waals surface area (Å²) in [7, 11) is 0. The van der Waals surface area contributed by atoms with Crippen molar-refractivity contribution in [3.05, 3.63) is 81.5 Å². The summed E-state index contributed by atoms with van der Waals surface area (Å²) in [6.07, 6.45) is 0. The van der Waals surface area contributed by atoms with Crippen molar-refractivity contribution in [2.45, 2.75) is 12.8 Å². The van der Waals surface area contributed by atoms with Crippen LogP contribution in [-0.4, -0.2) is 24.1 Å². The highest BCUT2D eigenvalue weighted by Crippen LogP contribution is 2.39. The van der Waals surface area contributed by atoms with Crippen molar-refractivity contribution in [2.24, 2.45) is 0 Å². The van der Waals surface area contributed by atoms with E-state index in [-0.39, 0.29) is 11.5 Å². The molecule has 3 aromatic rings. The number of rotatable bonds is 5. The Labute approximate surface area is 174 Å². The fourth-order valence-electron chi connectivity index (χ4n) is 3.51. The van der Waals surface area contributed by atoms with Gasteiger partial charge in [-0.25, -0.2) is 8.78 Å². The normalized spacial score (nSPS) is 15.2. The number of hydrogen-bond acceptors (Lipinski definition) is 4. The maximum Gasteiger partial charge on any atom is 0.244 e. The molecule has 0 saturated carbocycles. The Hall–Kier alpha value is -3.39. The lowest BCUT2D eigenvalue weighted by Gasteiger charge is -2.15. The molecule has 0 fully saturated rings. The summed E-state index contributed by atoms with van der Waals surface area (Å²) in [5, 5.41) is 4.15. The molecule has 8 heteroatoms. The van der Waals surface area contributed by atoms with Gasteiger partial charge >= 0.3 is 0 Å². The molecule has 1 N–H and O–H groups in total. The van der Waals surface area contributed by atoms with Gasteiger partial charge in [0, 0.05) is 23.9 Å². The number of fused-ring (bicyclic) bond motifs is 1. The number of thiophene rings is 1. The molecule has 1 aromatic heterocycles. The van der Waals surface area contributed by atoms with Gasteiger partial charge in [0.25, 0.3) is 0 Å². The van der Waals surface area contributed by atoms with E-state index in [0.29, 0.717) is 34.3 Å². The van der Waals surface area contributed by atoms with E-state index in [2.05, 4.69) is 5.32 Å². The Morgan fingerprint density at radius 1 is 1.13 bits per heavy atom. The van der Waals surface area contributed by atoms with Gasteiger partial charge in [-0.2, -0.15) is 0 Å². The average Bonchev–Trinajstić information content (AvgIpc) is 3.34. The number of amides is 2. The smallest absolute Gasteiger partial charge is 0.244 e. The highest BCUT2D eigenvalue weighted by atomic mass is 32.1. The van der Waals surface area contributed by atoms with Gasteiger partial charge in [0.05, 0.1) is 10.6 Å². The number of benzene rings is 2. The molecule has 0 spiro atoms. The fourth-order valence-corrected chi connectivity index (χ4v) is 4.19. The molecule has 1 atom stereocenters. The lowest BCUT2D eigenvalue weighted by molar-refractivity contribution is -0.126. The molecular formula is C22H16F2N2O3S. The first-order valence-corrected chi connectivity index (χ1v) is 10.1. The Balaban J connectivity index is 1.71. The zero-order chi connectivity index (χ0) is 21.4. The van der Waals surface area contributed by atoms with Crippen LogP contribution in [0.5, 0.6) is 0 Å². The molecule has 4 rings (SSSR count).